The molecule has 0 amide bonds. The van der Waals surface area contributed by atoms with Gasteiger partial charge < -0.3 is 10.1 Å². The van der Waals surface area contributed by atoms with Crippen LogP contribution in [0.15, 0.2) is 0 Å². The lowest BCUT2D eigenvalue weighted by molar-refractivity contribution is -0.144. The Balaban J connectivity index is 2.65. The molecule has 3 heteroatoms. The highest BCUT2D eigenvalue weighted by Crippen LogP contribution is 2.29. The lowest BCUT2D eigenvalue weighted by Crippen LogP contribution is -2.51. The van der Waals surface area contributed by atoms with E-state index in [0.29, 0.717) is 23.8 Å². The van der Waals surface area contributed by atoms with Crippen molar-refractivity contribution in [2.45, 2.75) is 65.5 Å². The molecule has 1 fully saturated rings. The maximum absolute atomic E-state index is 11.8. The quantitative estimate of drug-likeness (QED) is 0.768. The minimum Gasteiger partial charge on any atom is -0.468 e. The highest BCUT2D eigenvalue weighted by atomic mass is 16.5. The number of esters is 1. The molecule has 106 valence electrons. The fourth-order valence-corrected chi connectivity index (χ4v) is 3.09. The van der Waals surface area contributed by atoms with E-state index in [1.54, 1.807) is 0 Å². The minimum absolute atomic E-state index is 0.117. The van der Waals surface area contributed by atoms with Gasteiger partial charge in [-0.2, -0.15) is 0 Å². The maximum Gasteiger partial charge on any atom is 0.322 e. The Bertz CT molecular complexity index is 255. The first kappa shape index (κ1) is 15.5. The fourth-order valence-electron chi connectivity index (χ4n) is 3.09. The summed E-state index contributed by atoms with van der Waals surface area (Å²) in [4.78, 5) is 11.8. The van der Waals surface area contributed by atoms with Crippen molar-refractivity contribution in [1.29, 1.82) is 0 Å². The van der Waals surface area contributed by atoms with Gasteiger partial charge in [0.25, 0.3) is 0 Å². The molecule has 1 saturated carbocycles. The minimum atomic E-state index is -0.150. The van der Waals surface area contributed by atoms with Gasteiger partial charge in [0.1, 0.15) is 6.04 Å². The molecule has 0 aromatic heterocycles. The summed E-state index contributed by atoms with van der Waals surface area (Å²) in [6, 6.07) is 0.296. The van der Waals surface area contributed by atoms with Crippen LogP contribution in [-0.2, 0) is 9.53 Å². The first-order chi connectivity index (χ1) is 8.45. The Morgan fingerprint density at radius 1 is 1.28 bits per heavy atom. The Morgan fingerprint density at radius 2 is 1.83 bits per heavy atom. The third-order valence-electron chi connectivity index (χ3n) is 4.13. The van der Waals surface area contributed by atoms with Crippen molar-refractivity contribution in [2.24, 2.45) is 17.8 Å². The molecule has 0 aromatic carbocycles. The molecule has 0 heterocycles. The number of hydrogen-bond donors (Lipinski definition) is 1. The van der Waals surface area contributed by atoms with Gasteiger partial charge in [0.05, 0.1) is 7.11 Å². The second-order valence-corrected chi connectivity index (χ2v) is 6.28. The molecule has 3 unspecified atom stereocenters. The van der Waals surface area contributed by atoms with E-state index in [9.17, 15) is 4.79 Å². The first-order valence-corrected chi connectivity index (χ1v) is 7.29. The smallest absolute Gasteiger partial charge is 0.322 e. The molecule has 1 N–H and O–H groups in total. The third-order valence-corrected chi connectivity index (χ3v) is 4.13. The van der Waals surface area contributed by atoms with Gasteiger partial charge in [-0.15, -0.1) is 0 Å². The van der Waals surface area contributed by atoms with Gasteiger partial charge in [-0.25, -0.2) is 0 Å². The fraction of sp³-hybridized carbons (Fsp3) is 0.933. The largest absolute Gasteiger partial charge is 0.468 e. The summed E-state index contributed by atoms with van der Waals surface area (Å²) >= 11 is 0. The molecule has 0 aromatic rings. The first-order valence-electron chi connectivity index (χ1n) is 7.29. The molecule has 0 radical (unpaired) electrons. The van der Waals surface area contributed by atoms with Crippen LogP contribution in [0, 0.1) is 17.8 Å². The zero-order valence-electron chi connectivity index (χ0n) is 12.5. The Hall–Kier alpha value is -0.570. The summed E-state index contributed by atoms with van der Waals surface area (Å²) in [5, 5.41) is 3.56. The summed E-state index contributed by atoms with van der Waals surface area (Å²) in [7, 11) is 1.48. The molecular formula is C15H29NO2. The molecule has 18 heavy (non-hydrogen) atoms. The summed E-state index contributed by atoms with van der Waals surface area (Å²) in [6.45, 7) is 8.87. The highest BCUT2D eigenvalue weighted by Gasteiger charge is 2.32. The molecule has 3 atom stereocenters. The zero-order valence-corrected chi connectivity index (χ0v) is 12.5. The van der Waals surface area contributed by atoms with Crippen LogP contribution in [0.4, 0.5) is 0 Å². The van der Waals surface area contributed by atoms with E-state index in [1.807, 2.05) is 0 Å². The van der Waals surface area contributed by atoms with Crippen LogP contribution in [0.2, 0.25) is 0 Å². The van der Waals surface area contributed by atoms with Gasteiger partial charge in [0.15, 0.2) is 0 Å². The van der Waals surface area contributed by atoms with E-state index in [2.05, 4.69) is 33.0 Å². The summed E-state index contributed by atoms with van der Waals surface area (Å²) in [5.41, 5.74) is 0. The molecule has 1 aliphatic rings. The summed E-state index contributed by atoms with van der Waals surface area (Å²) < 4.78 is 4.92. The van der Waals surface area contributed by atoms with Crippen molar-refractivity contribution in [1.82, 2.24) is 5.32 Å². The number of methoxy groups -OCH3 is 1. The van der Waals surface area contributed by atoms with Crippen LogP contribution < -0.4 is 5.32 Å². The van der Waals surface area contributed by atoms with Gasteiger partial charge in [-0.1, -0.05) is 34.1 Å². The SMILES string of the molecule is COC(=O)C(CC(C)C)NC1C(C)CCCC1C. The normalized spacial score (nSPS) is 30.2. The predicted molar refractivity (Wildman–Crippen MR) is 74.4 cm³/mol. The van der Waals surface area contributed by atoms with Crippen LogP contribution in [0.1, 0.15) is 53.4 Å². The molecule has 0 aliphatic heterocycles. The molecule has 0 spiro atoms. The van der Waals surface area contributed by atoms with Crippen LogP contribution in [0.3, 0.4) is 0 Å². The van der Waals surface area contributed by atoms with Crippen LogP contribution in [-0.4, -0.2) is 25.2 Å². The highest BCUT2D eigenvalue weighted by molar-refractivity contribution is 5.75. The van der Waals surface area contributed by atoms with Crippen LogP contribution in [0.25, 0.3) is 0 Å². The molecular weight excluding hydrogens is 226 g/mol. The molecule has 3 nitrogen and oxygen atoms in total. The van der Waals surface area contributed by atoms with Crippen molar-refractivity contribution in [3.05, 3.63) is 0 Å². The lowest BCUT2D eigenvalue weighted by Gasteiger charge is -2.37. The van der Waals surface area contributed by atoms with E-state index >= 15 is 0 Å². The number of carbonyl (C=O) groups excluding carboxylic acids is 1. The molecule has 1 rings (SSSR count). The predicted octanol–water partition coefficient (Wildman–Crippen LogP) is 2.99. The Morgan fingerprint density at radius 3 is 2.28 bits per heavy atom. The summed E-state index contributed by atoms with van der Waals surface area (Å²) in [6.07, 6.45) is 4.69. The number of ether oxygens (including phenoxy) is 1. The number of carbonyl (C=O) groups is 1. The lowest BCUT2D eigenvalue weighted by atomic mass is 9.78. The number of rotatable bonds is 5. The van der Waals surface area contributed by atoms with E-state index in [-0.39, 0.29) is 12.0 Å². The van der Waals surface area contributed by atoms with E-state index in [1.165, 1.54) is 26.4 Å². The average Bonchev–Trinajstić information content (AvgIpc) is 2.31. The van der Waals surface area contributed by atoms with Crippen molar-refractivity contribution in [3.63, 3.8) is 0 Å². The van der Waals surface area contributed by atoms with E-state index < -0.39 is 0 Å². The standard InChI is InChI=1S/C15H29NO2/c1-10(2)9-13(15(17)18-5)16-14-11(3)7-6-8-12(14)4/h10-14,16H,6-9H2,1-5H3. The zero-order chi connectivity index (χ0) is 13.7. The van der Waals surface area contributed by atoms with Crippen molar-refractivity contribution < 1.29 is 9.53 Å². The van der Waals surface area contributed by atoms with Crippen molar-refractivity contribution >= 4 is 5.97 Å². The van der Waals surface area contributed by atoms with Crippen LogP contribution >= 0.6 is 0 Å². The van der Waals surface area contributed by atoms with Crippen molar-refractivity contribution in [3.8, 4) is 0 Å². The van der Waals surface area contributed by atoms with Gasteiger partial charge in [-0.05, 0) is 37.0 Å². The number of hydrogen-bond acceptors (Lipinski definition) is 3. The van der Waals surface area contributed by atoms with Gasteiger partial charge in [0.2, 0.25) is 0 Å². The Kier molecular flexibility index (Phi) is 6.13. The van der Waals surface area contributed by atoms with Gasteiger partial charge >= 0.3 is 5.97 Å². The summed E-state index contributed by atoms with van der Waals surface area (Å²) in [5.74, 6) is 1.67. The van der Waals surface area contributed by atoms with Crippen LogP contribution in [0.5, 0.6) is 0 Å². The molecule has 1 aliphatic carbocycles. The van der Waals surface area contributed by atoms with Gasteiger partial charge in [-0.3, -0.25) is 4.79 Å². The number of nitrogens with one attached hydrogen (secondary N) is 1. The molecule has 0 bridgehead atoms. The third kappa shape index (κ3) is 4.27. The Labute approximate surface area is 112 Å². The second kappa shape index (κ2) is 7.13. The average molecular weight is 255 g/mol. The monoisotopic (exact) mass is 255 g/mol. The van der Waals surface area contributed by atoms with Gasteiger partial charge in [0, 0.05) is 6.04 Å². The van der Waals surface area contributed by atoms with E-state index in [4.69, 9.17) is 4.74 Å². The maximum atomic E-state index is 11.8. The van der Waals surface area contributed by atoms with Crippen molar-refractivity contribution in [2.75, 3.05) is 7.11 Å². The molecule has 0 saturated heterocycles. The van der Waals surface area contributed by atoms with E-state index in [0.717, 1.165) is 6.42 Å². The topological polar surface area (TPSA) is 38.3 Å². The second-order valence-electron chi connectivity index (χ2n) is 6.28.